The number of nitrogens with one attached hydrogen (secondary N) is 1. The number of fused-ring (bicyclic) bond motifs is 1. The zero-order valence-corrected chi connectivity index (χ0v) is 14.9. The summed E-state index contributed by atoms with van der Waals surface area (Å²) in [4.78, 5) is 40.0. The predicted molar refractivity (Wildman–Crippen MR) is 93.6 cm³/mol. The van der Waals surface area contributed by atoms with Gasteiger partial charge >= 0.3 is 0 Å². The number of rotatable bonds is 4. The van der Waals surface area contributed by atoms with E-state index in [-0.39, 0.29) is 30.2 Å². The van der Waals surface area contributed by atoms with Crippen LogP contribution in [0, 0.1) is 0 Å². The number of amides is 3. The van der Waals surface area contributed by atoms with Gasteiger partial charge < -0.3 is 9.64 Å². The Morgan fingerprint density at radius 2 is 2.08 bits per heavy atom. The Morgan fingerprint density at radius 3 is 2.81 bits per heavy atom. The lowest BCUT2D eigenvalue weighted by Crippen LogP contribution is -2.52. The van der Waals surface area contributed by atoms with Crippen LogP contribution in [0.2, 0.25) is 0 Å². The van der Waals surface area contributed by atoms with Crippen molar-refractivity contribution in [2.45, 2.75) is 44.9 Å². The molecule has 2 atom stereocenters. The van der Waals surface area contributed by atoms with E-state index >= 15 is 0 Å². The van der Waals surface area contributed by atoms with E-state index < -0.39 is 6.04 Å². The van der Waals surface area contributed by atoms with Crippen LogP contribution in [0.15, 0.2) is 18.2 Å². The number of ether oxygens (including phenoxy) is 1. The largest absolute Gasteiger partial charge is 0.489 e. The Morgan fingerprint density at radius 1 is 1.23 bits per heavy atom. The van der Waals surface area contributed by atoms with Crippen molar-refractivity contribution < 1.29 is 19.1 Å². The lowest BCUT2D eigenvalue weighted by molar-refractivity contribution is -0.136. The molecule has 3 amide bonds. The van der Waals surface area contributed by atoms with Crippen molar-refractivity contribution in [1.29, 1.82) is 0 Å². The van der Waals surface area contributed by atoms with E-state index in [0.29, 0.717) is 18.5 Å². The average molecular weight is 357 g/mol. The van der Waals surface area contributed by atoms with E-state index in [9.17, 15) is 14.4 Å². The molecule has 26 heavy (non-hydrogen) atoms. The third kappa shape index (κ3) is 3.07. The highest BCUT2D eigenvalue weighted by atomic mass is 16.5. The molecule has 3 aliphatic rings. The van der Waals surface area contributed by atoms with Crippen molar-refractivity contribution >= 4 is 17.7 Å². The number of likely N-dealkylation sites (N-methyl/N-ethyl adjacent to an activating group) is 1. The van der Waals surface area contributed by atoms with Gasteiger partial charge in [0.05, 0.1) is 0 Å². The van der Waals surface area contributed by atoms with Crippen molar-refractivity contribution in [1.82, 2.24) is 15.1 Å². The first-order valence-electron chi connectivity index (χ1n) is 9.21. The van der Waals surface area contributed by atoms with Gasteiger partial charge in [0.2, 0.25) is 11.8 Å². The molecule has 3 aliphatic heterocycles. The normalized spacial score (nSPS) is 26.2. The van der Waals surface area contributed by atoms with Gasteiger partial charge in [-0.1, -0.05) is 6.92 Å². The molecule has 0 aromatic heterocycles. The van der Waals surface area contributed by atoms with Gasteiger partial charge in [0.25, 0.3) is 5.91 Å². The number of piperidine rings is 1. The van der Waals surface area contributed by atoms with E-state index in [1.54, 1.807) is 11.0 Å². The summed E-state index contributed by atoms with van der Waals surface area (Å²) in [6.07, 6.45) is 1.83. The summed E-state index contributed by atoms with van der Waals surface area (Å²) < 4.78 is 6.09. The molecule has 3 heterocycles. The molecular weight excluding hydrogens is 334 g/mol. The molecule has 0 radical (unpaired) electrons. The van der Waals surface area contributed by atoms with Gasteiger partial charge in [-0.25, -0.2) is 0 Å². The van der Waals surface area contributed by atoms with E-state index in [1.807, 2.05) is 12.1 Å². The van der Waals surface area contributed by atoms with Crippen molar-refractivity contribution in [3.8, 4) is 5.75 Å². The van der Waals surface area contributed by atoms with Crippen LogP contribution in [0.3, 0.4) is 0 Å². The van der Waals surface area contributed by atoms with Crippen molar-refractivity contribution in [3.05, 3.63) is 29.3 Å². The molecule has 4 rings (SSSR count). The fraction of sp³-hybridized carbons (Fsp3) is 0.526. The van der Waals surface area contributed by atoms with Crippen LogP contribution in [0.25, 0.3) is 0 Å². The van der Waals surface area contributed by atoms with Crippen molar-refractivity contribution in [2.24, 2.45) is 0 Å². The summed E-state index contributed by atoms with van der Waals surface area (Å²) in [5.74, 6) is -0.0445. The highest BCUT2D eigenvalue weighted by molar-refractivity contribution is 6.05. The maximum Gasteiger partial charge on any atom is 0.255 e. The second-order valence-electron chi connectivity index (χ2n) is 7.14. The van der Waals surface area contributed by atoms with Gasteiger partial charge in [-0.3, -0.25) is 24.6 Å². The number of hydrogen-bond acceptors (Lipinski definition) is 5. The highest BCUT2D eigenvalue weighted by Gasteiger charge is 2.39. The monoisotopic (exact) mass is 357 g/mol. The molecular formula is C19H23N3O4. The molecule has 0 spiro atoms. The SMILES string of the molecule is CCN1CC[C@H](Oc2ccc3c(c2)CN(C2CCC(=O)NC2=O)C3=O)C1. The van der Waals surface area contributed by atoms with Crippen LogP contribution in [0.4, 0.5) is 0 Å². The first-order valence-corrected chi connectivity index (χ1v) is 9.21. The van der Waals surface area contributed by atoms with E-state index in [1.165, 1.54) is 0 Å². The minimum atomic E-state index is -0.579. The van der Waals surface area contributed by atoms with E-state index in [0.717, 1.165) is 37.4 Å². The molecule has 2 fully saturated rings. The van der Waals surface area contributed by atoms with Crippen LogP contribution in [0.5, 0.6) is 5.75 Å². The van der Waals surface area contributed by atoms with Crippen molar-refractivity contribution in [3.63, 3.8) is 0 Å². The Bertz CT molecular complexity index is 763. The first-order chi connectivity index (χ1) is 12.5. The minimum Gasteiger partial charge on any atom is -0.489 e. The van der Waals surface area contributed by atoms with Crippen molar-refractivity contribution in [2.75, 3.05) is 19.6 Å². The second-order valence-corrected chi connectivity index (χ2v) is 7.14. The smallest absolute Gasteiger partial charge is 0.255 e. The number of likely N-dealkylation sites (tertiary alicyclic amines) is 1. The molecule has 1 N–H and O–H groups in total. The molecule has 138 valence electrons. The molecule has 1 aromatic rings. The number of carbonyl (C=O) groups is 3. The number of carbonyl (C=O) groups excluding carboxylic acids is 3. The summed E-state index contributed by atoms with van der Waals surface area (Å²) in [6.45, 7) is 5.53. The summed E-state index contributed by atoms with van der Waals surface area (Å²) >= 11 is 0. The maximum atomic E-state index is 12.7. The zero-order valence-electron chi connectivity index (χ0n) is 14.9. The number of benzene rings is 1. The number of nitrogens with zero attached hydrogens (tertiary/aromatic N) is 2. The minimum absolute atomic E-state index is 0.154. The summed E-state index contributed by atoms with van der Waals surface area (Å²) in [6, 6.07) is 4.95. The average Bonchev–Trinajstić information content (AvgIpc) is 3.19. The molecule has 7 nitrogen and oxygen atoms in total. The fourth-order valence-corrected chi connectivity index (χ4v) is 4.00. The molecule has 0 saturated carbocycles. The van der Waals surface area contributed by atoms with E-state index in [4.69, 9.17) is 4.74 Å². The van der Waals surface area contributed by atoms with E-state index in [2.05, 4.69) is 17.1 Å². The van der Waals surface area contributed by atoms with Crippen LogP contribution >= 0.6 is 0 Å². The van der Waals surface area contributed by atoms with Crippen LogP contribution in [0.1, 0.15) is 42.1 Å². The zero-order chi connectivity index (χ0) is 18.3. The number of hydrogen-bond donors (Lipinski definition) is 1. The molecule has 0 bridgehead atoms. The quantitative estimate of drug-likeness (QED) is 0.811. The molecule has 0 aliphatic carbocycles. The number of imide groups is 1. The van der Waals surface area contributed by atoms with Gasteiger partial charge in [0.1, 0.15) is 17.9 Å². The predicted octanol–water partition coefficient (Wildman–Crippen LogP) is 0.921. The van der Waals surface area contributed by atoms with Gasteiger partial charge in [-0.2, -0.15) is 0 Å². The first kappa shape index (κ1) is 17.0. The van der Waals surface area contributed by atoms with Crippen LogP contribution < -0.4 is 10.1 Å². The lowest BCUT2D eigenvalue weighted by Gasteiger charge is -2.29. The lowest BCUT2D eigenvalue weighted by atomic mass is 10.0. The Kier molecular flexibility index (Phi) is 4.40. The topological polar surface area (TPSA) is 79.0 Å². The summed E-state index contributed by atoms with van der Waals surface area (Å²) in [5, 5.41) is 2.32. The van der Waals surface area contributed by atoms with Gasteiger partial charge in [-0.15, -0.1) is 0 Å². The van der Waals surface area contributed by atoms with Gasteiger partial charge in [0, 0.05) is 31.6 Å². The molecule has 1 aromatic carbocycles. The Hall–Kier alpha value is -2.41. The van der Waals surface area contributed by atoms with Crippen LogP contribution in [-0.4, -0.2) is 59.3 Å². The van der Waals surface area contributed by atoms with Crippen LogP contribution in [-0.2, 0) is 16.1 Å². The van der Waals surface area contributed by atoms with Gasteiger partial charge in [0.15, 0.2) is 0 Å². The molecule has 2 saturated heterocycles. The fourth-order valence-electron chi connectivity index (χ4n) is 4.00. The highest BCUT2D eigenvalue weighted by Crippen LogP contribution is 2.31. The third-order valence-corrected chi connectivity index (χ3v) is 5.47. The Labute approximate surface area is 152 Å². The second kappa shape index (κ2) is 6.72. The Balaban J connectivity index is 1.46. The summed E-state index contributed by atoms with van der Waals surface area (Å²) in [5.41, 5.74) is 1.49. The summed E-state index contributed by atoms with van der Waals surface area (Å²) in [7, 11) is 0. The van der Waals surface area contributed by atoms with Gasteiger partial charge in [-0.05, 0) is 43.1 Å². The molecule has 7 heteroatoms. The maximum absolute atomic E-state index is 12.7. The third-order valence-electron chi connectivity index (χ3n) is 5.47. The standard InChI is InChI=1S/C19H23N3O4/c1-2-21-8-7-14(11-21)26-13-3-4-15-12(9-13)10-22(19(15)25)16-5-6-17(23)20-18(16)24/h3-4,9,14,16H,2,5-8,10-11H2,1H3,(H,20,23,24)/t14-,16?/m0/s1. The molecule has 1 unspecified atom stereocenters.